The summed E-state index contributed by atoms with van der Waals surface area (Å²) in [7, 11) is -3.27. The second kappa shape index (κ2) is 7.24. The lowest BCUT2D eigenvalue weighted by atomic mass is 10.2. The van der Waals surface area contributed by atoms with Crippen LogP contribution in [0.3, 0.4) is 0 Å². The van der Waals surface area contributed by atoms with Crippen LogP contribution in [0.4, 0.5) is 5.69 Å². The van der Waals surface area contributed by atoms with Gasteiger partial charge in [-0.1, -0.05) is 19.1 Å². The van der Waals surface area contributed by atoms with Gasteiger partial charge < -0.3 is 15.3 Å². The third-order valence-electron chi connectivity index (χ3n) is 3.89. The maximum Gasteiger partial charge on any atom is 0.180 e. The largest absolute Gasteiger partial charge is 0.395 e. The Morgan fingerprint density at radius 2 is 2.14 bits per heavy atom. The van der Waals surface area contributed by atoms with Crippen molar-refractivity contribution in [1.29, 1.82) is 0 Å². The van der Waals surface area contributed by atoms with Gasteiger partial charge in [-0.2, -0.15) is 0 Å². The second-order valence-corrected chi connectivity index (χ2v) is 7.58. The first-order valence-corrected chi connectivity index (χ1v) is 9.14. The maximum absolute atomic E-state index is 12.3. The van der Waals surface area contributed by atoms with Crippen LogP contribution in [0.5, 0.6) is 0 Å². The number of sulfone groups is 1. The summed E-state index contributed by atoms with van der Waals surface area (Å²) in [6.45, 7) is 3.83. The minimum Gasteiger partial charge on any atom is -0.395 e. The third kappa shape index (κ3) is 3.96. The summed E-state index contributed by atoms with van der Waals surface area (Å²) >= 11 is 0. The van der Waals surface area contributed by atoms with Crippen molar-refractivity contribution in [1.82, 2.24) is 5.32 Å². The lowest BCUT2D eigenvalue weighted by Gasteiger charge is -2.29. The molecule has 1 unspecified atom stereocenters. The fourth-order valence-electron chi connectivity index (χ4n) is 2.75. The molecule has 0 saturated carbocycles. The van der Waals surface area contributed by atoms with Gasteiger partial charge in [0, 0.05) is 19.1 Å². The molecule has 1 atom stereocenters. The van der Waals surface area contributed by atoms with Crippen LogP contribution in [-0.4, -0.2) is 51.6 Å². The van der Waals surface area contributed by atoms with Gasteiger partial charge in [-0.15, -0.1) is 0 Å². The predicted octanol–water partition coefficient (Wildman–Crippen LogP) is 1.03. The summed E-state index contributed by atoms with van der Waals surface area (Å²) < 4.78 is 24.5. The Morgan fingerprint density at radius 1 is 1.38 bits per heavy atom. The van der Waals surface area contributed by atoms with Gasteiger partial charge in [0.25, 0.3) is 0 Å². The summed E-state index contributed by atoms with van der Waals surface area (Å²) in [6, 6.07) is 7.43. The number of aliphatic hydroxyl groups excluding tert-OH is 1. The van der Waals surface area contributed by atoms with E-state index in [-0.39, 0.29) is 12.4 Å². The molecule has 2 rings (SSSR count). The van der Waals surface area contributed by atoms with E-state index in [9.17, 15) is 13.5 Å². The van der Waals surface area contributed by atoms with Gasteiger partial charge in [-0.05, 0) is 31.5 Å². The number of anilines is 1. The van der Waals surface area contributed by atoms with Crippen molar-refractivity contribution in [2.45, 2.75) is 30.7 Å². The molecule has 1 fully saturated rings. The van der Waals surface area contributed by atoms with Crippen LogP contribution in [0.1, 0.15) is 19.8 Å². The Labute approximate surface area is 126 Å². The van der Waals surface area contributed by atoms with Gasteiger partial charge in [0.1, 0.15) is 0 Å². The Bertz CT molecular complexity index is 554. The van der Waals surface area contributed by atoms with Gasteiger partial charge in [-0.3, -0.25) is 0 Å². The molecule has 1 aliphatic rings. The zero-order valence-electron chi connectivity index (χ0n) is 12.5. The van der Waals surface area contributed by atoms with E-state index in [1.165, 1.54) is 0 Å². The van der Waals surface area contributed by atoms with Crippen molar-refractivity contribution in [3.63, 3.8) is 0 Å². The standard InChI is InChI=1S/C15H24N2O3S/c1-2-21(19,20)15-8-4-3-7-14(15)17(10-11-18)12-13-6-5-9-16-13/h3-4,7-8,13,16,18H,2,5-6,9-12H2,1H3. The zero-order chi connectivity index (χ0) is 15.3. The fraction of sp³-hybridized carbons (Fsp3) is 0.600. The molecule has 1 aliphatic heterocycles. The molecule has 0 aromatic heterocycles. The van der Waals surface area contributed by atoms with Crippen molar-refractivity contribution in [2.75, 3.05) is 36.9 Å². The molecule has 1 aromatic carbocycles. The molecule has 0 spiro atoms. The van der Waals surface area contributed by atoms with Gasteiger partial charge in [0.05, 0.1) is 22.9 Å². The number of hydrogen-bond donors (Lipinski definition) is 2. The van der Waals surface area contributed by atoms with Gasteiger partial charge >= 0.3 is 0 Å². The van der Waals surface area contributed by atoms with Crippen LogP contribution in [0.25, 0.3) is 0 Å². The third-order valence-corrected chi connectivity index (χ3v) is 5.67. The van der Waals surface area contributed by atoms with Crippen LogP contribution in [0.15, 0.2) is 29.2 Å². The maximum atomic E-state index is 12.3. The molecular weight excluding hydrogens is 288 g/mol. The average molecular weight is 312 g/mol. The highest BCUT2D eigenvalue weighted by Gasteiger charge is 2.23. The van der Waals surface area contributed by atoms with Gasteiger partial charge in [0.15, 0.2) is 9.84 Å². The first-order chi connectivity index (χ1) is 10.1. The number of nitrogens with zero attached hydrogens (tertiary/aromatic N) is 1. The number of hydrogen-bond acceptors (Lipinski definition) is 5. The van der Waals surface area contributed by atoms with Gasteiger partial charge in [-0.25, -0.2) is 8.42 Å². The first kappa shape index (κ1) is 16.3. The van der Waals surface area contributed by atoms with Crippen LogP contribution < -0.4 is 10.2 Å². The number of nitrogens with one attached hydrogen (secondary N) is 1. The molecule has 6 heteroatoms. The molecule has 1 aromatic rings. The highest BCUT2D eigenvalue weighted by molar-refractivity contribution is 7.91. The van der Waals surface area contributed by atoms with E-state index < -0.39 is 9.84 Å². The first-order valence-electron chi connectivity index (χ1n) is 7.49. The Morgan fingerprint density at radius 3 is 2.76 bits per heavy atom. The number of para-hydroxylation sites is 1. The van der Waals surface area contributed by atoms with E-state index in [1.807, 2.05) is 17.0 Å². The van der Waals surface area contributed by atoms with Crippen LogP contribution in [-0.2, 0) is 9.84 Å². The Hall–Kier alpha value is -1.11. The van der Waals surface area contributed by atoms with Crippen molar-refractivity contribution < 1.29 is 13.5 Å². The molecule has 1 saturated heterocycles. The van der Waals surface area contributed by atoms with E-state index in [0.29, 0.717) is 23.2 Å². The highest BCUT2D eigenvalue weighted by atomic mass is 32.2. The average Bonchev–Trinajstić information content (AvgIpc) is 3.00. The quantitative estimate of drug-likeness (QED) is 0.787. The molecule has 0 amide bonds. The van der Waals surface area contributed by atoms with Crippen molar-refractivity contribution >= 4 is 15.5 Å². The molecule has 118 valence electrons. The Kier molecular flexibility index (Phi) is 5.61. The topological polar surface area (TPSA) is 69.6 Å². The summed E-state index contributed by atoms with van der Waals surface area (Å²) in [5.74, 6) is 0.0820. The van der Waals surface area contributed by atoms with E-state index >= 15 is 0 Å². The van der Waals surface area contributed by atoms with Crippen molar-refractivity contribution in [2.24, 2.45) is 0 Å². The van der Waals surface area contributed by atoms with Crippen LogP contribution in [0, 0.1) is 0 Å². The predicted molar refractivity (Wildman–Crippen MR) is 84.5 cm³/mol. The molecule has 5 nitrogen and oxygen atoms in total. The minimum atomic E-state index is -3.27. The fourth-order valence-corrected chi connectivity index (χ4v) is 3.86. The van der Waals surface area contributed by atoms with Crippen LogP contribution >= 0.6 is 0 Å². The second-order valence-electron chi connectivity index (χ2n) is 5.33. The summed E-state index contributed by atoms with van der Waals surface area (Å²) in [5.41, 5.74) is 0.696. The van der Waals surface area contributed by atoms with Crippen LogP contribution in [0.2, 0.25) is 0 Å². The van der Waals surface area contributed by atoms with E-state index in [1.54, 1.807) is 19.1 Å². The SMILES string of the molecule is CCS(=O)(=O)c1ccccc1N(CCO)CC1CCCN1. The van der Waals surface area contributed by atoms with E-state index in [0.717, 1.165) is 25.9 Å². The molecule has 0 bridgehead atoms. The number of aliphatic hydroxyl groups is 1. The number of benzene rings is 1. The van der Waals surface area contributed by atoms with E-state index in [4.69, 9.17) is 0 Å². The Balaban J connectivity index is 2.31. The normalized spacial score (nSPS) is 18.9. The lowest BCUT2D eigenvalue weighted by Crippen LogP contribution is -2.39. The van der Waals surface area contributed by atoms with E-state index in [2.05, 4.69) is 5.32 Å². The van der Waals surface area contributed by atoms with Crippen molar-refractivity contribution in [3.8, 4) is 0 Å². The molecule has 0 radical (unpaired) electrons. The smallest absolute Gasteiger partial charge is 0.180 e. The molecule has 21 heavy (non-hydrogen) atoms. The highest BCUT2D eigenvalue weighted by Crippen LogP contribution is 2.26. The zero-order valence-corrected chi connectivity index (χ0v) is 13.3. The molecule has 0 aliphatic carbocycles. The van der Waals surface area contributed by atoms with Crippen molar-refractivity contribution in [3.05, 3.63) is 24.3 Å². The molecule has 1 heterocycles. The molecule has 2 N–H and O–H groups in total. The number of rotatable bonds is 7. The monoisotopic (exact) mass is 312 g/mol. The van der Waals surface area contributed by atoms with Gasteiger partial charge in [0.2, 0.25) is 0 Å². The minimum absolute atomic E-state index is 0.00717. The summed E-state index contributed by atoms with van der Waals surface area (Å²) in [6.07, 6.45) is 2.23. The molecular formula is C15H24N2O3S. The summed E-state index contributed by atoms with van der Waals surface area (Å²) in [5, 5.41) is 12.7. The summed E-state index contributed by atoms with van der Waals surface area (Å²) in [4.78, 5) is 2.34. The lowest BCUT2D eigenvalue weighted by molar-refractivity contribution is 0.300.